The Morgan fingerprint density at radius 2 is 1.50 bits per heavy atom. The first-order valence-corrected chi connectivity index (χ1v) is 10.0. The van der Waals surface area contributed by atoms with E-state index in [1.165, 1.54) is 12.1 Å². The van der Waals surface area contributed by atoms with Gasteiger partial charge in [-0.1, -0.05) is 32.9 Å². The smallest absolute Gasteiger partial charge is 0.434 e. The SMILES string of the molecule is CCOC(=O)OC1=C(CC)NC(C(C)C)=C(OC(=O)OCC)C1c1ccc(F)cc1. The number of dihydropyridines is 1. The molecule has 1 heterocycles. The molecule has 0 radical (unpaired) electrons. The van der Waals surface area contributed by atoms with Gasteiger partial charge in [0.05, 0.1) is 24.6 Å². The van der Waals surface area contributed by atoms with Crippen LogP contribution in [0.2, 0.25) is 0 Å². The fourth-order valence-electron chi connectivity index (χ4n) is 3.09. The number of halogens is 1. The minimum Gasteiger partial charge on any atom is -0.434 e. The van der Waals surface area contributed by atoms with Crippen molar-refractivity contribution in [1.29, 1.82) is 0 Å². The molecular weight excluding hydrogens is 393 g/mol. The van der Waals surface area contributed by atoms with Crippen LogP contribution in [0.5, 0.6) is 0 Å². The van der Waals surface area contributed by atoms with Crippen LogP contribution in [0.25, 0.3) is 0 Å². The molecule has 1 aromatic rings. The molecule has 1 aliphatic heterocycles. The Hall–Kier alpha value is -3.03. The summed E-state index contributed by atoms with van der Waals surface area (Å²) in [6, 6.07) is 5.70. The van der Waals surface area contributed by atoms with Crippen LogP contribution in [-0.4, -0.2) is 25.5 Å². The Morgan fingerprint density at radius 1 is 0.967 bits per heavy atom. The summed E-state index contributed by atoms with van der Waals surface area (Å²) in [5, 5.41) is 3.23. The highest BCUT2D eigenvalue weighted by molar-refractivity contribution is 5.65. The van der Waals surface area contributed by atoms with E-state index in [1.807, 2.05) is 20.8 Å². The molecule has 0 saturated carbocycles. The third-order valence-corrected chi connectivity index (χ3v) is 4.42. The molecule has 2 rings (SSSR count). The lowest BCUT2D eigenvalue weighted by molar-refractivity contribution is 0.0640. The number of hydrogen-bond donors (Lipinski definition) is 1. The number of benzene rings is 1. The Labute approximate surface area is 175 Å². The molecule has 1 aliphatic rings. The molecular formula is C22H28FNO6. The van der Waals surface area contributed by atoms with E-state index in [4.69, 9.17) is 18.9 Å². The van der Waals surface area contributed by atoms with Crippen LogP contribution in [0.4, 0.5) is 14.0 Å². The van der Waals surface area contributed by atoms with E-state index < -0.39 is 24.0 Å². The lowest BCUT2D eigenvalue weighted by Gasteiger charge is -2.33. The van der Waals surface area contributed by atoms with E-state index in [0.29, 0.717) is 23.4 Å². The normalized spacial score (nSPS) is 16.3. The minimum atomic E-state index is -0.880. The van der Waals surface area contributed by atoms with Crippen molar-refractivity contribution in [2.45, 2.75) is 47.0 Å². The van der Waals surface area contributed by atoms with Gasteiger partial charge in [0.2, 0.25) is 0 Å². The van der Waals surface area contributed by atoms with Crippen LogP contribution in [0.1, 0.15) is 52.5 Å². The molecule has 0 bridgehead atoms. The van der Waals surface area contributed by atoms with Crippen LogP contribution < -0.4 is 5.32 Å². The van der Waals surface area contributed by atoms with Gasteiger partial charge in [-0.25, -0.2) is 14.0 Å². The number of rotatable bonds is 7. The fraction of sp³-hybridized carbons (Fsp3) is 0.455. The van der Waals surface area contributed by atoms with Gasteiger partial charge in [0.1, 0.15) is 23.3 Å². The van der Waals surface area contributed by atoms with Crippen molar-refractivity contribution in [2.24, 2.45) is 5.92 Å². The molecule has 164 valence electrons. The predicted molar refractivity (Wildman–Crippen MR) is 108 cm³/mol. The quantitative estimate of drug-likeness (QED) is 0.594. The second-order valence-electron chi connectivity index (χ2n) is 6.81. The molecule has 0 fully saturated rings. The van der Waals surface area contributed by atoms with Gasteiger partial charge in [-0.05, 0) is 43.9 Å². The summed E-state index contributed by atoms with van der Waals surface area (Å²) >= 11 is 0. The number of ether oxygens (including phenoxy) is 4. The standard InChI is InChI=1S/C22H28FNO6/c1-6-16-19(29-21(25)27-7-2)17(14-9-11-15(23)12-10-14)20(18(24-16)13(4)5)30-22(26)28-8-3/h9-13,17,24H,6-8H2,1-5H3. The highest BCUT2D eigenvalue weighted by atomic mass is 19.1. The molecule has 0 saturated heterocycles. The first kappa shape index (κ1) is 23.3. The van der Waals surface area contributed by atoms with Gasteiger partial charge in [0.15, 0.2) is 0 Å². The summed E-state index contributed by atoms with van der Waals surface area (Å²) in [7, 11) is 0. The minimum absolute atomic E-state index is 0.0527. The summed E-state index contributed by atoms with van der Waals surface area (Å²) < 4.78 is 34.6. The van der Waals surface area contributed by atoms with E-state index in [-0.39, 0.29) is 30.6 Å². The van der Waals surface area contributed by atoms with Gasteiger partial charge in [0.25, 0.3) is 0 Å². The van der Waals surface area contributed by atoms with Crippen LogP contribution in [0.3, 0.4) is 0 Å². The zero-order chi connectivity index (χ0) is 22.3. The van der Waals surface area contributed by atoms with Crippen molar-refractivity contribution in [3.8, 4) is 0 Å². The summed E-state index contributed by atoms with van der Waals surface area (Å²) in [6.45, 7) is 9.38. The zero-order valence-corrected chi connectivity index (χ0v) is 17.9. The molecule has 0 aliphatic carbocycles. The zero-order valence-electron chi connectivity index (χ0n) is 17.9. The van der Waals surface area contributed by atoms with Crippen LogP contribution in [-0.2, 0) is 18.9 Å². The number of carbonyl (C=O) groups is 2. The van der Waals surface area contributed by atoms with Crippen molar-refractivity contribution in [2.75, 3.05) is 13.2 Å². The van der Waals surface area contributed by atoms with E-state index in [0.717, 1.165) is 0 Å². The summed E-state index contributed by atoms with van der Waals surface area (Å²) in [6.07, 6.45) is -1.25. The van der Waals surface area contributed by atoms with Gasteiger partial charge in [-0.3, -0.25) is 0 Å². The van der Waals surface area contributed by atoms with Gasteiger partial charge < -0.3 is 24.3 Å². The molecule has 7 nitrogen and oxygen atoms in total. The van der Waals surface area contributed by atoms with Crippen molar-refractivity contribution in [1.82, 2.24) is 5.32 Å². The lowest BCUT2D eigenvalue weighted by Crippen LogP contribution is -2.32. The van der Waals surface area contributed by atoms with Crippen LogP contribution >= 0.6 is 0 Å². The van der Waals surface area contributed by atoms with Gasteiger partial charge in [0, 0.05) is 0 Å². The monoisotopic (exact) mass is 421 g/mol. The van der Waals surface area contributed by atoms with Crippen LogP contribution in [0, 0.1) is 11.7 Å². The highest BCUT2D eigenvalue weighted by Gasteiger charge is 2.38. The average molecular weight is 421 g/mol. The van der Waals surface area contributed by atoms with Gasteiger partial charge in [-0.2, -0.15) is 0 Å². The van der Waals surface area contributed by atoms with E-state index in [1.54, 1.807) is 26.0 Å². The molecule has 30 heavy (non-hydrogen) atoms. The third-order valence-electron chi connectivity index (χ3n) is 4.42. The molecule has 1 atom stereocenters. The van der Waals surface area contributed by atoms with Gasteiger partial charge >= 0.3 is 12.3 Å². The summed E-state index contributed by atoms with van der Waals surface area (Å²) in [5.74, 6) is -0.782. The largest absolute Gasteiger partial charge is 0.513 e. The molecule has 0 amide bonds. The van der Waals surface area contributed by atoms with E-state index in [9.17, 15) is 14.0 Å². The van der Waals surface area contributed by atoms with Gasteiger partial charge in [-0.15, -0.1) is 0 Å². The first-order valence-electron chi connectivity index (χ1n) is 10.0. The second kappa shape index (κ2) is 10.7. The highest BCUT2D eigenvalue weighted by Crippen LogP contribution is 2.41. The molecule has 0 spiro atoms. The maximum atomic E-state index is 13.6. The maximum Gasteiger partial charge on any atom is 0.513 e. The summed E-state index contributed by atoms with van der Waals surface area (Å²) in [4.78, 5) is 24.3. The molecule has 0 aromatic heterocycles. The van der Waals surface area contributed by atoms with Crippen molar-refractivity contribution in [3.63, 3.8) is 0 Å². The number of nitrogens with one attached hydrogen (secondary N) is 1. The number of carbonyl (C=O) groups excluding carboxylic acids is 2. The fourth-order valence-corrected chi connectivity index (χ4v) is 3.09. The predicted octanol–water partition coefficient (Wildman–Crippen LogP) is 5.35. The number of allylic oxidation sites excluding steroid dienone is 2. The topological polar surface area (TPSA) is 83.1 Å². The Bertz CT molecular complexity index is 829. The Morgan fingerprint density at radius 3 is 1.97 bits per heavy atom. The Balaban J connectivity index is 2.64. The van der Waals surface area contributed by atoms with E-state index in [2.05, 4.69) is 5.32 Å². The summed E-state index contributed by atoms with van der Waals surface area (Å²) in [5.41, 5.74) is 1.86. The third kappa shape index (κ3) is 5.52. The molecule has 1 unspecified atom stereocenters. The molecule has 1 N–H and O–H groups in total. The number of hydrogen-bond acceptors (Lipinski definition) is 7. The molecule has 1 aromatic carbocycles. The Kier molecular flexibility index (Phi) is 8.26. The second-order valence-corrected chi connectivity index (χ2v) is 6.81. The molecule has 8 heteroatoms. The first-order chi connectivity index (χ1) is 14.3. The van der Waals surface area contributed by atoms with Crippen LogP contribution in [0.15, 0.2) is 47.2 Å². The average Bonchev–Trinajstić information content (AvgIpc) is 2.69. The lowest BCUT2D eigenvalue weighted by atomic mass is 9.87. The van der Waals surface area contributed by atoms with Crippen molar-refractivity contribution < 1.29 is 32.9 Å². The maximum absolute atomic E-state index is 13.6. The van der Waals surface area contributed by atoms with Crippen molar-refractivity contribution in [3.05, 3.63) is 58.6 Å². The van der Waals surface area contributed by atoms with E-state index >= 15 is 0 Å². The van der Waals surface area contributed by atoms with Crippen molar-refractivity contribution >= 4 is 12.3 Å².